The lowest BCUT2D eigenvalue weighted by atomic mass is 10.1. The first-order valence-electron chi connectivity index (χ1n) is 9.43. The highest BCUT2D eigenvalue weighted by Crippen LogP contribution is 2.27. The second-order valence-corrected chi connectivity index (χ2v) is 8.26. The molecule has 152 valence electrons. The number of carbonyl (C=O) groups is 1. The Labute approximate surface area is 164 Å². The van der Waals surface area contributed by atoms with Gasteiger partial charge >= 0.3 is 11.8 Å². The number of rotatable bonds is 3. The molecule has 0 aliphatic carbocycles. The largest absolute Gasteiger partial charge is 0.444 e. The lowest BCUT2D eigenvalue weighted by Crippen LogP contribution is -2.44. The Balaban J connectivity index is 1.91. The zero-order valence-corrected chi connectivity index (χ0v) is 17.1. The predicted molar refractivity (Wildman–Crippen MR) is 108 cm³/mol. The zero-order valence-electron chi connectivity index (χ0n) is 17.1. The lowest BCUT2D eigenvalue weighted by Gasteiger charge is -2.34. The number of hydrogen-bond acceptors (Lipinski definition) is 5. The quantitative estimate of drug-likeness (QED) is 0.644. The van der Waals surface area contributed by atoms with Gasteiger partial charge in [0.1, 0.15) is 11.1 Å². The molecule has 9 heteroatoms. The van der Waals surface area contributed by atoms with Gasteiger partial charge in [0.2, 0.25) is 0 Å². The van der Waals surface area contributed by atoms with Crippen LogP contribution < -0.4 is 5.69 Å². The van der Waals surface area contributed by atoms with E-state index in [0.717, 1.165) is 18.4 Å². The van der Waals surface area contributed by atoms with Gasteiger partial charge in [0.05, 0.1) is 17.9 Å². The fourth-order valence-corrected chi connectivity index (χ4v) is 3.33. The zero-order chi connectivity index (χ0) is 20.5. The molecule has 0 radical (unpaired) electrons. The number of aromatic nitrogens is 3. The summed E-state index contributed by atoms with van der Waals surface area (Å²) in [5, 5.41) is 0. The minimum Gasteiger partial charge on any atom is -0.444 e. The molecule has 0 saturated carbocycles. The molecule has 1 aliphatic heterocycles. The molecule has 28 heavy (non-hydrogen) atoms. The Hall–Kier alpha value is -2.84. The summed E-state index contributed by atoms with van der Waals surface area (Å²) < 4.78 is 7.20. The molecular weight excluding hydrogens is 360 g/mol. The average Bonchev–Trinajstić information content (AvgIpc) is 2.95. The number of nitrogens with one attached hydrogen (secondary N) is 1. The van der Waals surface area contributed by atoms with Crippen LogP contribution in [-0.4, -0.2) is 69.6 Å². The van der Waals surface area contributed by atoms with Gasteiger partial charge in [0.15, 0.2) is 5.82 Å². The number of fused-ring (bicyclic) bond motifs is 1. The van der Waals surface area contributed by atoms with Crippen LogP contribution in [0.2, 0.25) is 0 Å². The molecule has 3 heterocycles. The first-order valence-corrected chi connectivity index (χ1v) is 9.43. The number of H-pyrrole nitrogens is 1. The number of aliphatic imine (C=N–C) groups is 1. The third-order valence-electron chi connectivity index (χ3n) is 4.44. The van der Waals surface area contributed by atoms with Crippen molar-refractivity contribution < 1.29 is 9.53 Å². The van der Waals surface area contributed by atoms with Crippen LogP contribution in [0.15, 0.2) is 22.1 Å². The molecule has 1 fully saturated rings. The highest BCUT2D eigenvalue weighted by Gasteiger charge is 2.30. The third-order valence-corrected chi connectivity index (χ3v) is 4.44. The number of aromatic amines is 1. The maximum Gasteiger partial charge on any atom is 0.410 e. The van der Waals surface area contributed by atoms with Crippen molar-refractivity contribution in [2.45, 2.75) is 45.3 Å². The number of nitrogens with zero attached hydrogens (tertiary/aromatic N) is 5. The highest BCUT2D eigenvalue weighted by molar-refractivity contribution is 5.86. The molecule has 9 nitrogen and oxygen atoms in total. The van der Waals surface area contributed by atoms with Crippen molar-refractivity contribution in [1.82, 2.24) is 24.3 Å². The van der Waals surface area contributed by atoms with Gasteiger partial charge in [0.25, 0.3) is 0 Å². The van der Waals surface area contributed by atoms with E-state index >= 15 is 0 Å². The smallest absolute Gasteiger partial charge is 0.410 e. The number of ether oxygens (including phenoxy) is 1. The molecule has 2 aromatic heterocycles. The summed E-state index contributed by atoms with van der Waals surface area (Å²) in [4.78, 5) is 40.1. The van der Waals surface area contributed by atoms with Crippen molar-refractivity contribution in [2.75, 3.05) is 27.2 Å². The molecule has 2 aromatic rings. The fourth-order valence-electron chi connectivity index (χ4n) is 3.33. The molecule has 3 rings (SSSR count). The van der Waals surface area contributed by atoms with Gasteiger partial charge in [-0.25, -0.2) is 19.6 Å². The Morgan fingerprint density at radius 1 is 1.43 bits per heavy atom. The number of hydrogen-bond donors (Lipinski definition) is 1. The lowest BCUT2D eigenvalue weighted by molar-refractivity contribution is 0.0173. The summed E-state index contributed by atoms with van der Waals surface area (Å²) in [6, 6.07) is 1.67. The van der Waals surface area contributed by atoms with Gasteiger partial charge < -0.3 is 19.5 Å². The molecule has 1 unspecified atom stereocenters. The number of piperidine rings is 1. The summed E-state index contributed by atoms with van der Waals surface area (Å²) in [5.74, 6) is 0.460. The average molecular weight is 388 g/mol. The second kappa shape index (κ2) is 7.65. The highest BCUT2D eigenvalue weighted by atomic mass is 16.6. The summed E-state index contributed by atoms with van der Waals surface area (Å²) in [5.41, 5.74) is 0.564. The van der Waals surface area contributed by atoms with Crippen LogP contribution in [0.3, 0.4) is 0 Å². The van der Waals surface area contributed by atoms with Crippen molar-refractivity contribution in [3.63, 3.8) is 0 Å². The Morgan fingerprint density at radius 2 is 2.18 bits per heavy atom. The number of carbonyl (C=O) groups excluding carboxylic acids is 1. The van der Waals surface area contributed by atoms with Gasteiger partial charge in [0, 0.05) is 33.4 Å². The van der Waals surface area contributed by atoms with Gasteiger partial charge in [-0.1, -0.05) is 0 Å². The normalized spacial score (nSPS) is 18.0. The first-order chi connectivity index (χ1) is 13.2. The van der Waals surface area contributed by atoms with E-state index in [9.17, 15) is 9.59 Å². The Morgan fingerprint density at radius 3 is 2.86 bits per heavy atom. The maximum atomic E-state index is 12.7. The molecule has 1 amide bonds. The van der Waals surface area contributed by atoms with Gasteiger partial charge in [-0.2, -0.15) is 0 Å². The summed E-state index contributed by atoms with van der Waals surface area (Å²) in [6.45, 7) is 6.60. The summed E-state index contributed by atoms with van der Waals surface area (Å²) in [7, 11) is 3.73. The van der Waals surface area contributed by atoms with E-state index in [2.05, 4.69) is 15.0 Å². The van der Waals surface area contributed by atoms with E-state index in [4.69, 9.17) is 4.74 Å². The molecule has 1 aliphatic rings. The van der Waals surface area contributed by atoms with Crippen molar-refractivity contribution in [3.8, 4) is 0 Å². The first kappa shape index (κ1) is 19.9. The van der Waals surface area contributed by atoms with Crippen molar-refractivity contribution >= 4 is 29.3 Å². The van der Waals surface area contributed by atoms with Gasteiger partial charge in [-0.3, -0.25) is 4.57 Å². The summed E-state index contributed by atoms with van der Waals surface area (Å²) in [6.07, 6.45) is 4.55. The third kappa shape index (κ3) is 4.35. The molecule has 0 spiro atoms. The van der Waals surface area contributed by atoms with Crippen molar-refractivity contribution in [2.24, 2.45) is 4.99 Å². The molecule has 1 atom stereocenters. The molecular formula is C19H28N6O3. The Bertz CT molecular complexity index is 937. The number of pyridine rings is 1. The van der Waals surface area contributed by atoms with Crippen LogP contribution in [0.5, 0.6) is 0 Å². The maximum absolute atomic E-state index is 12.7. The number of likely N-dealkylation sites (tertiary alicyclic amines) is 1. The number of amides is 1. The van der Waals surface area contributed by atoms with Crippen LogP contribution in [0, 0.1) is 0 Å². The van der Waals surface area contributed by atoms with Crippen molar-refractivity contribution in [3.05, 3.63) is 22.7 Å². The monoisotopic (exact) mass is 388 g/mol. The topological polar surface area (TPSA) is 95.8 Å². The van der Waals surface area contributed by atoms with Crippen LogP contribution in [0.25, 0.3) is 11.0 Å². The van der Waals surface area contributed by atoms with E-state index < -0.39 is 5.60 Å². The van der Waals surface area contributed by atoms with Crippen LogP contribution in [0.1, 0.15) is 39.7 Å². The van der Waals surface area contributed by atoms with E-state index in [1.54, 1.807) is 33.0 Å². The second-order valence-electron chi connectivity index (χ2n) is 8.26. The van der Waals surface area contributed by atoms with Crippen LogP contribution in [-0.2, 0) is 4.74 Å². The molecule has 1 N–H and O–H groups in total. The summed E-state index contributed by atoms with van der Waals surface area (Å²) >= 11 is 0. The minimum absolute atomic E-state index is 0.129. The van der Waals surface area contributed by atoms with Gasteiger partial charge in [-0.15, -0.1) is 0 Å². The number of imidazole rings is 1. The van der Waals surface area contributed by atoms with E-state index in [-0.39, 0.29) is 17.8 Å². The van der Waals surface area contributed by atoms with Crippen LogP contribution >= 0.6 is 0 Å². The molecule has 1 saturated heterocycles. The van der Waals surface area contributed by atoms with E-state index in [1.165, 1.54) is 0 Å². The molecule has 0 aromatic carbocycles. The van der Waals surface area contributed by atoms with Crippen molar-refractivity contribution in [1.29, 1.82) is 0 Å². The minimum atomic E-state index is -0.549. The standard InChI is InChI=1S/C19H28N6O3/c1-19(2,3)28-18(27)24-10-6-7-13(11-24)25-14-8-9-20-16(21-12-23(4)5)15(14)22-17(25)26/h8-9,12-13H,6-7,10-11H2,1-5H3,(H,22,26)/b21-12+. The van der Waals surface area contributed by atoms with E-state index in [0.29, 0.717) is 24.4 Å². The molecule has 0 bridgehead atoms. The van der Waals surface area contributed by atoms with Crippen LogP contribution in [0.4, 0.5) is 10.6 Å². The Kier molecular flexibility index (Phi) is 5.44. The van der Waals surface area contributed by atoms with Gasteiger partial charge in [-0.05, 0) is 39.7 Å². The predicted octanol–water partition coefficient (Wildman–Crippen LogP) is 2.52. The SMILES string of the molecule is CN(C)/C=N/c1nccc2c1[nH]c(=O)n2C1CCCN(C(=O)OC(C)(C)C)C1. The fraction of sp³-hybridized carbons (Fsp3) is 0.579. The van der Waals surface area contributed by atoms with E-state index in [1.807, 2.05) is 34.9 Å².